The Morgan fingerprint density at radius 3 is 2.53 bits per heavy atom. The Morgan fingerprint density at radius 1 is 1.12 bits per heavy atom. The van der Waals surface area contributed by atoms with Crippen molar-refractivity contribution in [2.24, 2.45) is 0 Å². The second-order valence-corrected chi connectivity index (χ2v) is 7.09. The molecule has 0 saturated heterocycles. The van der Waals surface area contributed by atoms with Crippen molar-refractivity contribution in [3.05, 3.63) is 81.9 Å². The third kappa shape index (κ3) is 6.38. The second-order valence-electron chi connectivity index (χ2n) is 6.53. The lowest BCUT2D eigenvalue weighted by atomic mass is 10.1. The van der Waals surface area contributed by atoms with Crippen molar-refractivity contribution < 1.29 is 23.7 Å². The summed E-state index contributed by atoms with van der Waals surface area (Å²) >= 11 is 3.34. The maximum absolute atomic E-state index is 12.5. The number of amides is 2. The fraction of sp³-hybridized carbons (Fsp3) is 0.190. The zero-order valence-corrected chi connectivity index (χ0v) is 18.3. The van der Waals surface area contributed by atoms with E-state index < -0.39 is 11.0 Å². The van der Waals surface area contributed by atoms with Crippen molar-refractivity contribution in [3.63, 3.8) is 0 Å². The average molecular weight is 503 g/mol. The minimum atomic E-state index is -0.669. The van der Waals surface area contributed by atoms with Gasteiger partial charge in [0.15, 0.2) is 0 Å². The number of halogens is 1. The smallest absolute Gasteiger partial charge is 0.407 e. The summed E-state index contributed by atoms with van der Waals surface area (Å²) in [7, 11) is 0. The molecule has 0 aliphatic rings. The molecule has 2 aromatic heterocycles. The molecule has 0 radical (unpaired) electrons. The normalized spacial score (nSPS) is 10.4. The lowest BCUT2D eigenvalue weighted by Crippen LogP contribution is -2.35. The first-order chi connectivity index (χ1) is 15.5. The number of nitrogens with one attached hydrogen (secondary N) is 2. The minimum Gasteiger partial charge on any atom is -0.464 e. The molecule has 3 rings (SSSR count). The molecule has 0 spiro atoms. The lowest BCUT2D eigenvalue weighted by Gasteiger charge is -2.09. The van der Waals surface area contributed by atoms with Crippen molar-refractivity contribution in [3.8, 4) is 11.3 Å². The third-order valence-corrected chi connectivity index (χ3v) is 4.83. The Kier molecular flexibility index (Phi) is 7.92. The summed E-state index contributed by atoms with van der Waals surface area (Å²) in [4.78, 5) is 38.7. The number of alkyl halides is 1. The number of carbonyl (C=O) groups excluding carboxylic acids is 2. The first-order valence-corrected chi connectivity index (χ1v) is 10.6. The summed E-state index contributed by atoms with van der Waals surface area (Å²) in [6.45, 7) is 0.283. The van der Waals surface area contributed by atoms with Crippen molar-refractivity contribution in [2.75, 3.05) is 13.1 Å². The molecule has 0 saturated carbocycles. The molecule has 2 heterocycles. The number of hydrogen-bond acceptors (Lipinski definition) is 7. The molecular formula is C21H19BrN4O6. The van der Waals surface area contributed by atoms with Gasteiger partial charge in [0.2, 0.25) is 0 Å². The van der Waals surface area contributed by atoms with Crippen LogP contribution in [0.25, 0.3) is 11.3 Å². The predicted octanol–water partition coefficient (Wildman–Crippen LogP) is 3.80. The van der Waals surface area contributed by atoms with Gasteiger partial charge in [0.1, 0.15) is 18.1 Å². The van der Waals surface area contributed by atoms with Gasteiger partial charge in [-0.3, -0.25) is 14.9 Å². The molecule has 10 nitrogen and oxygen atoms in total. The number of pyridine rings is 1. The summed E-state index contributed by atoms with van der Waals surface area (Å²) in [5.74, 6) is 0.239. The van der Waals surface area contributed by atoms with Gasteiger partial charge in [-0.15, -0.1) is 0 Å². The molecule has 0 bridgehead atoms. The summed E-state index contributed by atoms with van der Waals surface area (Å²) in [6, 6.07) is 12.7. The first kappa shape index (κ1) is 22.9. The van der Waals surface area contributed by atoms with Crippen LogP contribution in [0.2, 0.25) is 0 Å². The van der Waals surface area contributed by atoms with Crippen molar-refractivity contribution >= 4 is 33.6 Å². The van der Waals surface area contributed by atoms with Gasteiger partial charge in [-0.1, -0.05) is 15.9 Å². The van der Waals surface area contributed by atoms with E-state index in [1.807, 2.05) is 6.07 Å². The standard InChI is InChI=1S/C21H19BrN4O6/c22-12-16-10-15(19-2-1-9-31-19)11-18(25-16)20(27)23-7-8-24-21(28)32-13-14-3-5-17(6-4-14)26(29)30/h1-6,9-11H,7-8,12-13H2,(H,23,27)(H,24,28). The van der Waals surface area contributed by atoms with Crippen molar-refractivity contribution in [2.45, 2.75) is 11.9 Å². The molecule has 0 fully saturated rings. The SMILES string of the molecule is O=C(NCCNC(=O)c1cc(-c2ccco2)cc(CBr)n1)OCc1ccc([N+](=O)[O-])cc1. The number of carbonyl (C=O) groups is 2. The van der Waals surface area contributed by atoms with Crippen molar-refractivity contribution in [1.82, 2.24) is 15.6 Å². The number of hydrogen-bond donors (Lipinski definition) is 2. The van der Waals surface area contributed by atoms with E-state index in [1.165, 1.54) is 24.3 Å². The maximum Gasteiger partial charge on any atom is 0.407 e. The van der Waals surface area contributed by atoms with Crippen LogP contribution < -0.4 is 10.6 Å². The molecule has 1 aromatic carbocycles. The number of non-ortho nitro benzene ring substituents is 1. The fourth-order valence-corrected chi connectivity index (χ4v) is 2.99. The van der Waals surface area contributed by atoms with Crippen LogP contribution in [0, 0.1) is 10.1 Å². The van der Waals surface area contributed by atoms with Gasteiger partial charge in [-0.05, 0) is 42.0 Å². The Morgan fingerprint density at radius 2 is 1.88 bits per heavy atom. The number of rotatable bonds is 9. The van der Waals surface area contributed by atoms with E-state index in [1.54, 1.807) is 24.5 Å². The number of nitro groups is 1. The van der Waals surface area contributed by atoms with Crippen molar-refractivity contribution in [1.29, 1.82) is 0 Å². The summed E-state index contributed by atoms with van der Waals surface area (Å²) in [5, 5.41) is 16.3. The van der Waals surface area contributed by atoms with Crippen LogP contribution >= 0.6 is 15.9 Å². The summed E-state index contributed by atoms with van der Waals surface area (Å²) < 4.78 is 10.4. The van der Waals surface area contributed by atoms with Gasteiger partial charge in [0, 0.05) is 36.1 Å². The number of alkyl carbamates (subject to hydrolysis) is 1. The highest BCUT2D eigenvalue weighted by Gasteiger charge is 2.13. The molecule has 3 aromatic rings. The van der Waals surface area contributed by atoms with E-state index in [0.717, 1.165) is 5.56 Å². The highest BCUT2D eigenvalue weighted by molar-refractivity contribution is 9.08. The van der Waals surface area contributed by atoms with E-state index >= 15 is 0 Å². The van der Waals surface area contributed by atoms with Crippen LogP contribution in [0.5, 0.6) is 0 Å². The zero-order valence-electron chi connectivity index (χ0n) is 16.7. The Balaban J connectivity index is 1.44. The minimum absolute atomic E-state index is 0.0327. The predicted molar refractivity (Wildman–Crippen MR) is 118 cm³/mol. The number of nitro benzene ring substituents is 1. The number of nitrogens with zero attached hydrogens (tertiary/aromatic N) is 2. The lowest BCUT2D eigenvalue weighted by molar-refractivity contribution is -0.384. The van der Waals surface area contributed by atoms with Gasteiger partial charge < -0.3 is 19.8 Å². The number of furan rings is 1. The fourth-order valence-electron chi connectivity index (χ4n) is 2.70. The average Bonchev–Trinajstić information content (AvgIpc) is 3.35. The van der Waals surface area contributed by atoms with Gasteiger partial charge in [-0.2, -0.15) is 0 Å². The van der Waals surface area contributed by atoms with Gasteiger partial charge in [0.05, 0.1) is 16.9 Å². The topological polar surface area (TPSA) is 137 Å². The molecule has 11 heteroatoms. The summed E-state index contributed by atoms with van der Waals surface area (Å²) in [6.07, 6.45) is 0.882. The molecular weight excluding hydrogens is 484 g/mol. The molecule has 166 valence electrons. The molecule has 0 aliphatic carbocycles. The van der Waals surface area contributed by atoms with E-state index in [2.05, 4.69) is 31.5 Å². The van der Waals surface area contributed by atoms with Crippen LogP contribution in [-0.4, -0.2) is 35.0 Å². The third-order valence-electron chi connectivity index (χ3n) is 4.25. The maximum atomic E-state index is 12.5. The largest absolute Gasteiger partial charge is 0.464 e. The quantitative estimate of drug-likeness (QED) is 0.196. The van der Waals surface area contributed by atoms with Crippen LogP contribution in [-0.2, 0) is 16.7 Å². The number of ether oxygens (including phenoxy) is 1. The van der Waals surface area contributed by atoms with Crippen LogP contribution in [0.1, 0.15) is 21.7 Å². The zero-order chi connectivity index (χ0) is 22.9. The van der Waals surface area contributed by atoms with Gasteiger partial charge in [-0.25, -0.2) is 9.78 Å². The monoisotopic (exact) mass is 502 g/mol. The Hall–Kier alpha value is -3.73. The molecule has 0 aliphatic heterocycles. The van der Waals surface area contributed by atoms with Crippen LogP contribution in [0.15, 0.2) is 59.2 Å². The van der Waals surface area contributed by atoms with Crippen LogP contribution in [0.4, 0.5) is 10.5 Å². The first-order valence-electron chi connectivity index (χ1n) is 9.49. The Bertz CT molecular complexity index is 1090. The highest BCUT2D eigenvalue weighted by atomic mass is 79.9. The molecule has 2 N–H and O–H groups in total. The van der Waals surface area contributed by atoms with E-state index in [9.17, 15) is 19.7 Å². The van der Waals surface area contributed by atoms with Crippen LogP contribution in [0.3, 0.4) is 0 Å². The molecule has 32 heavy (non-hydrogen) atoms. The summed E-state index contributed by atoms with van der Waals surface area (Å²) in [5.41, 5.74) is 2.22. The molecule has 0 atom stereocenters. The van der Waals surface area contributed by atoms with Gasteiger partial charge >= 0.3 is 6.09 Å². The van der Waals surface area contributed by atoms with E-state index in [0.29, 0.717) is 22.3 Å². The molecule has 0 unspecified atom stereocenters. The van der Waals surface area contributed by atoms with E-state index in [4.69, 9.17) is 9.15 Å². The van der Waals surface area contributed by atoms with Gasteiger partial charge in [0.25, 0.3) is 11.6 Å². The molecule has 2 amide bonds. The van der Waals surface area contributed by atoms with E-state index in [-0.39, 0.29) is 37.0 Å². The number of aromatic nitrogens is 1. The highest BCUT2D eigenvalue weighted by Crippen LogP contribution is 2.22. The number of benzene rings is 1. The Labute approximate surface area is 191 Å². The second kappa shape index (κ2) is 11.0.